The monoisotopic (exact) mass is 292 g/mol. The fraction of sp³-hybridized carbons (Fsp3) is 0.267. The van der Waals surface area contributed by atoms with Crippen LogP contribution in [0.25, 0.3) is 0 Å². The van der Waals surface area contributed by atoms with Crippen LogP contribution in [0.4, 0.5) is 0 Å². The molecule has 0 radical (unpaired) electrons. The van der Waals surface area contributed by atoms with E-state index in [1.165, 1.54) is 5.56 Å². The third kappa shape index (κ3) is 3.96. The zero-order valence-electron chi connectivity index (χ0n) is 10.8. The largest absolute Gasteiger partial charge is 0.323 e. The highest BCUT2D eigenvalue weighted by molar-refractivity contribution is 7.99. The van der Waals surface area contributed by atoms with Crippen LogP contribution < -0.4 is 5.73 Å². The molecule has 2 nitrogen and oxygen atoms in total. The highest BCUT2D eigenvalue weighted by Gasteiger charge is 2.09. The molecule has 2 N–H and O–H groups in total. The first-order valence-corrected chi connectivity index (χ1v) is 7.64. The van der Waals surface area contributed by atoms with Crippen molar-refractivity contribution in [3.05, 3.63) is 58.7 Å². The summed E-state index contributed by atoms with van der Waals surface area (Å²) in [5.74, 6) is 0.766. The molecule has 1 aromatic heterocycles. The summed E-state index contributed by atoms with van der Waals surface area (Å²) in [6.07, 6.45) is 2.80. The first-order chi connectivity index (χ1) is 9.20. The van der Waals surface area contributed by atoms with E-state index in [0.29, 0.717) is 5.02 Å². The van der Waals surface area contributed by atoms with E-state index in [0.717, 1.165) is 22.8 Å². The van der Waals surface area contributed by atoms with Crippen LogP contribution in [-0.2, 0) is 6.42 Å². The van der Waals surface area contributed by atoms with Crippen LogP contribution in [0.1, 0.15) is 24.1 Å². The minimum Gasteiger partial charge on any atom is -0.323 e. The molecule has 1 aromatic carbocycles. The molecule has 1 unspecified atom stereocenters. The molecule has 0 fully saturated rings. The second-order valence-corrected chi connectivity index (χ2v) is 5.72. The van der Waals surface area contributed by atoms with E-state index in [1.54, 1.807) is 18.0 Å². The minimum absolute atomic E-state index is 0.00558. The molecule has 19 heavy (non-hydrogen) atoms. The summed E-state index contributed by atoms with van der Waals surface area (Å²) in [4.78, 5) is 4.25. The summed E-state index contributed by atoms with van der Waals surface area (Å²) in [5, 5.41) is 1.52. The lowest BCUT2D eigenvalue weighted by Crippen LogP contribution is -2.13. The molecule has 0 bridgehead atoms. The van der Waals surface area contributed by atoms with Gasteiger partial charge in [-0.25, -0.2) is 4.98 Å². The molecule has 0 aliphatic rings. The normalized spacial score (nSPS) is 12.4. The van der Waals surface area contributed by atoms with Gasteiger partial charge in [0, 0.05) is 18.0 Å². The maximum atomic E-state index is 6.19. The Morgan fingerprint density at radius 3 is 2.63 bits per heavy atom. The van der Waals surface area contributed by atoms with Crippen LogP contribution >= 0.6 is 23.4 Å². The van der Waals surface area contributed by atoms with Crippen molar-refractivity contribution in [2.45, 2.75) is 24.4 Å². The summed E-state index contributed by atoms with van der Waals surface area (Å²) < 4.78 is 0. The Hall–Kier alpha value is -1.03. The number of pyridine rings is 1. The summed E-state index contributed by atoms with van der Waals surface area (Å²) in [7, 11) is 0. The van der Waals surface area contributed by atoms with Gasteiger partial charge in [0.1, 0.15) is 5.03 Å². The molecular formula is C15H17ClN2S. The van der Waals surface area contributed by atoms with Crippen LogP contribution in [-0.4, -0.2) is 10.7 Å². The number of hydrogen-bond donors (Lipinski definition) is 1. The molecule has 2 aromatic rings. The Labute approximate surface area is 123 Å². The standard InChI is InChI=1S/C15H17ClN2S/c1-2-11-5-7-12(8-6-11)14(17)10-19-15-13(16)4-3-9-18-15/h3-9,14H,2,10,17H2,1H3. The van der Waals surface area contributed by atoms with Gasteiger partial charge in [-0.15, -0.1) is 11.8 Å². The smallest absolute Gasteiger partial charge is 0.115 e. The number of aromatic nitrogens is 1. The number of nitrogens with zero attached hydrogens (tertiary/aromatic N) is 1. The predicted octanol–water partition coefficient (Wildman–Crippen LogP) is 4.09. The van der Waals surface area contributed by atoms with Crippen LogP contribution in [0.5, 0.6) is 0 Å². The lowest BCUT2D eigenvalue weighted by Gasteiger charge is -2.12. The van der Waals surface area contributed by atoms with Gasteiger partial charge < -0.3 is 5.73 Å². The van der Waals surface area contributed by atoms with Gasteiger partial charge in [-0.1, -0.05) is 42.8 Å². The van der Waals surface area contributed by atoms with Gasteiger partial charge in [0.15, 0.2) is 0 Å². The van der Waals surface area contributed by atoms with Gasteiger partial charge in [0.2, 0.25) is 0 Å². The van der Waals surface area contributed by atoms with Crippen molar-refractivity contribution < 1.29 is 0 Å². The lowest BCUT2D eigenvalue weighted by molar-refractivity contribution is 0.828. The van der Waals surface area contributed by atoms with E-state index in [-0.39, 0.29) is 6.04 Å². The molecule has 0 amide bonds. The van der Waals surface area contributed by atoms with Gasteiger partial charge in [0.05, 0.1) is 5.02 Å². The SMILES string of the molecule is CCc1ccc(C(N)CSc2ncccc2Cl)cc1. The first-order valence-electron chi connectivity index (χ1n) is 6.28. The third-order valence-corrected chi connectivity index (χ3v) is 4.48. The van der Waals surface area contributed by atoms with Crippen molar-refractivity contribution in [2.24, 2.45) is 5.73 Å². The molecule has 0 spiro atoms. The van der Waals surface area contributed by atoms with Crippen LogP contribution in [0.15, 0.2) is 47.6 Å². The van der Waals surface area contributed by atoms with E-state index >= 15 is 0 Å². The summed E-state index contributed by atoms with van der Waals surface area (Å²) in [6.45, 7) is 2.15. The van der Waals surface area contributed by atoms with Crippen molar-refractivity contribution in [3.8, 4) is 0 Å². The molecule has 0 aliphatic heterocycles. The van der Waals surface area contributed by atoms with Crippen molar-refractivity contribution >= 4 is 23.4 Å². The van der Waals surface area contributed by atoms with Crippen molar-refractivity contribution in [1.29, 1.82) is 0 Å². The molecule has 0 aliphatic carbocycles. The number of nitrogens with two attached hydrogens (primary N) is 1. The van der Waals surface area contributed by atoms with E-state index in [2.05, 4.69) is 36.2 Å². The Bertz CT molecular complexity index is 528. The van der Waals surface area contributed by atoms with Gasteiger partial charge in [0.25, 0.3) is 0 Å². The first kappa shape index (κ1) is 14.4. The number of aryl methyl sites for hydroxylation is 1. The number of hydrogen-bond acceptors (Lipinski definition) is 3. The highest BCUT2D eigenvalue weighted by Crippen LogP contribution is 2.27. The molecule has 1 heterocycles. The number of rotatable bonds is 5. The van der Waals surface area contributed by atoms with Gasteiger partial charge in [-0.3, -0.25) is 0 Å². The fourth-order valence-electron chi connectivity index (χ4n) is 1.74. The molecule has 4 heteroatoms. The number of halogens is 1. The molecule has 0 saturated heterocycles. The maximum Gasteiger partial charge on any atom is 0.115 e. The van der Waals surface area contributed by atoms with Gasteiger partial charge in [-0.05, 0) is 29.7 Å². The molecule has 2 rings (SSSR count). The Kier molecular flexibility index (Phi) is 5.25. The van der Waals surface area contributed by atoms with E-state index in [9.17, 15) is 0 Å². The predicted molar refractivity (Wildman–Crippen MR) is 82.7 cm³/mol. The van der Waals surface area contributed by atoms with E-state index < -0.39 is 0 Å². The van der Waals surface area contributed by atoms with Crippen LogP contribution in [0, 0.1) is 0 Å². The maximum absolute atomic E-state index is 6.19. The summed E-state index contributed by atoms with van der Waals surface area (Å²) in [6, 6.07) is 12.1. The van der Waals surface area contributed by atoms with Crippen molar-refractivity contribution in [2.75, 3.05) is 5.75 Å². The van der Waals surface area contributed by atoms with Gasteiger partial charge >= 0.3 is 0 Å². The van der Waals surface area contributed by atoms with Crippen LogP contribution in [0.2, 0.25) is 5.02 Å². The zero-order valence-corrected chi connectivity index (χ0v) is 12.4. The topological polar surface area (TPSA) is 38.9 Å². The molecular weight excluding hydrogens is 276 g/mol. The fourth-order valence-corrected chi connectivity index (χ4v) is 2.90. The summed E-state index contributed by atoms with van der Waals surface area (Å²) >= 11 is 7.66. The lowest BCUT2D eigenvalue weighted by atomic mass is 10.1. The number of thioether (sulfide) groups is 1. The minimum atomic E-state index is -0.00558. The zero-order chi connectivity index (χ0) is 13.7. The number of benzene rings is 1. The highest BCUT2D eigenvalue weighted by atomic mass is 35.5. The summed E-state index contributed by atoms with van der Waals surface area (Å²) in [5.41, 5.74) is 8.67. The second-order valence-electron chi connectivity index (χ2n) is 4.30. The van der Waals surface area contributed by atoms with Crippen LogP contribution in [0.3, 0.4) is 0 Å². The Morgan fingerprint density at radius 2 is 2.00 bits per heavy atom. The Balaban J connectivity index is 1.97. The average Bonchev–Trinajstić information content (AvgIpc) is 2.46. The van der Waals surface area contributed by atoms with Crippen molar-refractivity contribution in [3.63, 3.8) is 0 Å². The third-order valence-electron chi connectivity index (χ3n) is 2.94. The molecule has 0 saturated carbocycles. The quantitative estimate of drug-likeness (QED) is 0.844. The van der Waals surface area contributed by atoms with E-state index in [4.69, 9.17) is 17.3 Å². The van der Waals surface area contributed by atoms with E-state index in [1.807, 2.05) is 12.1 Å². The molecule has 1 atom stereocenters. The average molecular weight is 293 g/mol. The molecule has 100 valence electrons. The van der Waals surface area contributed by atoms with Crippen molar-refractivity contribution in [1.82, 2.24) is 4.98 Å². The second kappa shape index (κ2) is 6.94. The van der Waals surface area contributed by atoms with Gasteiger partial charge in [-0.2, -0.15) is 0 Å². The Morgan fingerprint density at radius 1 is 1.26 bits per heavy atom.